The summed E-state index contributed by atoms with van der Waals surface area (Å²) in [7, 11) is 0. The summed E-state index contributed by atoms with van der Waals surface area (Å²) >= 11 is 3.25. The van der Waals surface area contributed by atoms with Gasteiger partial charge in [-0.1, -0.05) is 22.0 Å². The van der Waals surface area contributed by atoms with E-state index in [1.807, 2.05) is 13.0 Å². The lowest BCUT2D eigenvalue weighted by Crippen LogP contribution is -1.96. The van der Waals surface area contributed by atoms with Crippen LogP contribution in [-0.4, -0.2) is 10.9 Å². The number of aromatic hydroxyl groups is 1. The number of halogens is 1. The van der Waals surface area contributed by atoms with Gasteiger partial charge in [0.2, 0.25) is 0 Å². The highest BCUT2D eigenvalue weighted by Gasteiger charge is 2.10. The van der Waals surface area contributed by atoms with Crippen LogP contribution in [0.4, 0.5) is 0 Å². The third-order valence-electron chi connectivity index (χ3n) is 1.86. The van der Waals surface area contributed by atoms with E-state index >= 15 is 0 Å². The van der Waals surface area contributed by atoms with Gasteiger partial charge in [-0.15, -0.1) is 0 Å². The molecule has 0 bridgehead atoms. The Morgan fingerprint density at radius 1 is 1.54 bits per heavy atom. The van der Waals surface area contributed by atoms with Gasteiger partial charge in [0, 0.05) is 10.9 Å². The van der Waals surface area contributed by atoms with Gasteiger partial charge in [-0.05, 0) is 25.5 Å². The molecule has 0 spiro atoms. The maximum atomic E-state index is 11.1. The van der Waals surface area contributed by atoms with E-state index in [1.165, 1.54) is 6.92 Å². The molecule has 0 heterocycles. The molecule has 1 N–H and O–H groups in total. The number of rotatable bonds is 2. The molecular formula is C10H11BrO2. The predicted molar refractivity (Wildman–Crippen MR) is 55.5 cm³/mol. The van der Waals surface area contributed by atoms with E-state index < -0.39 is 0 Å². The monoisotopic (exact) mass is 242 g/mol. The average Bonchev–Trinajstić information content (AvgIpc) is 2.08. The standard InChI is InChI=1S/C10H11BrO2/c1-6-3-8(5-11)10(13)9(4-6)7(2)12/h3-4,13H,5H2,1-2H3. The topological polar surface area (TPSA) is 37.3 Å². The molecule has 2 nitrogen and oxygen atoms in total. The molecule has 0 aliphatic rings. The van der Waals surface area contributed by atoms with E-state index in [9.17, 15) is 9.90 Å². The number of carbonyl (C=O) groups excluding carboxylic acids is 1. The first kappa shape index (κ1) is 10.3. The molecule has 70 valence electrons. The summed E-state index contributed by atoms with van der Waals surface area (Å²) in [4.78, 5) is 11.1. The number of Topliss-reactive ketones (excluding diaryl/α,β-unsaturated/α-hetero) is 1. The molecule has 0 fully saturated rings. The number of hydrogen-bond acceptors (Lipinski definition) is 2. The summed E-state index contributed by atoms with van der Waals surface area (Å²) in [5.74, 6) is -0.0154. The van der Waals surface area contributed by atoms with Crippen molar-refractivity contribution in [2.75, 3.05) is 0 Å². The third kappa shape index (κ3) is 2.10. The van der Waals surface area contributed by atoms with Crippen LogP contribution in [0.25, 0.3) is 0 Å². The number of benzene rings is 1. The summed E-state index contributed by atoms with van der Waals surface area (Å²) in [6.45, 7) is 3.35. The Bertz CT molecular complexity index is 345. The second-order valence-electron chi connectivity index (χ2n) is 3.01. The van der Waals surface area contributed by atoms with Crippen LogP contribution in [0.2, 0.25) is 0 Å². The number of ketones is 1. The molecule has 0 unspecified atom stereocenters. The van der Waals surface area contributed by atoms with Crippen molar-refractivity contribution in [3.8, 4) is 5.75 Å². The van der Waals surface area contributed by atoms with E-state index in [0.717, 1.165) is 11.1 Å². The fourth-order valence-electron chi connectivity index (χ4n) is 1.22. The Hall–Kier alpha value is -0.830. The van der Waals surface area contributed by atoms with Gasteiger partial charge < -0.3 is 5.11 Å². The fraction of sp³-hybridized carbons (Fsp3) is 0.300. The molecule has 0 aliphatic heterocycles. The lowest BCUT2D eigenvalue weighted by molar-refractivity contribution is 0.101. The van der Waals surface area contributed by atoms with E-state index in [-0.39, 0.29) is 11.5 Å². The zero-order valence-electron chi connectivity index (χ0n) is 7.60. The first-order valence-electron chi connectivity index (χ1n) is 3.95. The van der Waals surface area contributed by atoms with Gasteiger partial charge in [0.25, 0.3) is 0 Å². The van der Waals surface area contributed by atoms with Crippen LogP contribution < -0.4 is 0 Å². The van der Waals surface area contributed by atoms with E-state index in [0.29, 0.717) is 10.9 Å². The number of carbonyl (C=O) groups is 1. The molecule has 1 rings (SSSR count). The minimum Gasteiger partial charge on any atom is -0.507 e. The summed E-state index contributed by atoms with van der Waals surface area (Å²) < 4.78 is 0. The number of hydrogen-bond donors (Lipinski definition) is 1. The van der Waals surface area contributed by atoms with Gasteiger partial charge >= 0.3 is 0 Å². The fourth-order valence-corrected chi connectivity index (χ4v) is 1.65. The molecule has 13 heavy (non-hydrogen) atoms. The summed E-state index contributed by atoms with van der Waals surface area (Å²) in [6, 6.07) is 3.56. The van der Waals surface area contributed by atoms with Gasteiger partial charge in [-0.2, -0.15) is 0 Å². The average molecular weight is 243 g/mol. The van der Waals surface area contributed by atoms with E-state index in [2.05, 4.69) is 15.9 Å². The van der Waals surface area contributed by atoms with Crippen molar-refractivity contribution in [2.24, 2.45) is 0 Å². The Morgan fingerprint density at radius 2 is 2.15 bits per heavy atom. The van der Waals surface area contributed by atoms with Crippen LogP contribution in [0.3, 0.4) is 0 Å². The molecule has 0 saturated heterocycles. The Balaban J connectivity index is 3.35. The Morgan fingerprint density at radius 3 is 2.62 bits per heavy atom. The molecule has 0 atom stereocenters. The van der Waals surface area contributed by atoms with Crippen LogP contribution in [-0.2, 0) is 5.33 Å². The Labute approximate surface area is 85.7 Å². The second-order valence-corrected chi connectivity index (χ2v) is 3.57. The molecular weight excluding hydrogens is 232 g/mol. The lowest BCUT2D eigenvalue weighted by atomic mass is 10.0. The van der Waals surface area contributed by atoms with Crippen molar-refractivity contribution in [1.82, 2.24) is 0 Å². The highest BCUT2D eigenvalue weighted by Crippen LogP contribution is 2.26. The number of alkyl halides is 1. The van der Waals surface area contributed by atoms with Crippen molar-refractivity contribution in [2.45, 2.75) is 19.2 Å². The zero-order valence-corrected chi connectivity index (χ0v) is 9.18. The van der Waals surface area contributed by atoms with Gasteiger partial charge in [0.15, 0.2) is 5.78 Å². The van der Waals surface area contributed by atoms with Crippen molar-refractivity contribution in [3.05, 3.63) is 28.8 Å². The normalized spacial score (nSPS) is 10.1. The van der Waals surface area contributed by atoms with Crippen molar-refractivity contribution in [1.29, 1.82) is 0 Å². The maximum Gasteiger partial charge on any atom is 0.163 e. The van der Waals surface area contributed by atoms with Crippen molar-refractivity contribution in [3.63, 3.8) is 0 Å². The zero-order chi connectivity index (χ0) is 10.0. The molecule has 0 saturated carbocycles. The van der Waals surface area contributed by atoms with Crippen LogP contribution in [0, 0.1) is 6.92 Å². The van der Waals surface area contributed by atoms with E-state index in [1.54, 1.807) is 6.07 Å². The predicted octanol–water partition coefficient (Wildman–Crippen LogP) is 2.80. The van der Waals surface area contributed by atoms with Crippen LogP contribution in [0.15, 0.2) is 12.1 Å². The Kier molecular flexibility index (Phi) is 3.09. The molecule has 3 heteroatoms. The summed E-state index contributed by atoms with van der Waals surface area (Å²) in [6.07, 6.45) is 0. The molecule has 0 radical (unpaired) electrons. The molecule has 0 aromatic heterocycles. The molecule has 0 aliphatic carbocycles. The van der Waals surface area contributed by atoms with Crippen LogP contribution in [0.1, 0.15) is 28.4 Å². The first-order valence-corrected chi connectivity index (χ1v) is 5.07. The molecule has 1 aromatic rings. The summed E-state index contributed by atoms with van der Waals surface area (Å²) in [5.41, 5.74) is 2.14. The first-order chi connectivity index (χ1) is 6.06. The summed E-state index contributed by atoms with van der Waals surface area (Å²) in [5, 5.41) is 10.2. The lowest BCUT2D eigenvalue weighted by Gasteiger charge is -2.06. The number of phenolic OH excluding ortho intramolecular Hbond substituents is 1. The maximum absolute atomic E-state index is 11.1. The van der Waals surface area contributed by atoms with Gasteiger partial charge in [0.1, 0.15) is 5.75 Å². The van der Waals surface area contributed by atoms with Gasteiger partial charge in [0.05, 0.1) is 5.56 Å². The minimum absolute atomic E-state index is 0.0926. The van der Waals surface area contributed by atoms with Crippen LogP contribution >= 0.6 is 15.9 Å². The minimum atomic E-state index is -0.108. The smallest absolute Gasteiger partial charge is 0.163 e. The highest BCUT2D eigenvalue weighted by atomic mass is 79.9. The quantitative estimate of drug-likeness (QED) is 0.640. The number of aryl methyl sites for hydroxylation is 1. The van der Waals surface area contributed by atoms with Crippen LogP contribution in [0.5, 0.6) is 5.75 Å². The highest BCUT2D eigenvalue weighted by molar-refractivity contribution is 9.08. The van der Waals surface area contributed by atoms with Crippen molar-refractivity contribution < 1.29 is 9.90 Å². The number of phenols is 1. The van der Waals surface area contributed by atoms with Gasteiger partial charge in [-0.3, -0.25) is 4.79 Å². The second kappa shape index (κ2) is 3.92. The largest absolute Gasteiger partial charge is 0.507 e. The SMILES string of the molecule is CC(=O)c1cc(C)cc(CBr)c1O. The molecule has 0 amide bonds. The molecule has 1 aromatic carbocycles. The van der Waals surface area contributed by atoms with Gasteiger partial charge in [-0.25, -0.2) is 0 Å². The van der Waals surface area contributed by atoms with Crippen molar-refractivity contribution >= 4 is 21.7 Å². The van der Waals surface area contributed by atoms with E-state index in [4.69, 9.17) is 0 Å². The third-order valence-corrected chi connectivity index (χ3v) is 2.46.